The average molecular weight is 344 g/mol. The van der Waals surface area contributed by atoms with Crippen LogP contribution in [-0.4, -0.2) is 39.6 Å². The Hall–Kier alpha value is -1.86. The summed E-state index contributed by atoms with van der Waals surface area (Å²) in [7, 11) is -0.524. The zero-order valence-electron chi connectivity index (χ0n) is 15.9. The van der Waals surface area contributed by atoms with Crippen LogP contribution in [0.15, 0.2) is 24.5 Å². The molecule has 1 aliphatic rings. The van der Waals surface area contributed by atoms with Gasteiger partial charge in [-0.05, 0) is 60.6 Å². The zero-order valence-corrected chi connectivity index (χ0v) is 15.9. The van der Waals surface area contributed by atoms with E-state index in [9.17, 15) is 4.79 Å². The summed E-state index contributed by atoms with van der Waals surface area (Å²) in [5.74, 6) is 0. The molecule has 0 atom stereocenters. The quantitative estimate of drug-likeness (QED) is 0.744. The summed E-state index contributed by atoms with van der Waals surface area (Å²) in [6.07, 6.45) is 2.96. The number of rotatable bonds is 1. The van der Waals surface area contributed by atoms with Crippen LogP contribution in [-0.2, 0) is 14.0 Å². The number of nitrogens with zero attached hydrogens (tertiary/aromatic N) is 2. The van der Waals surface area contributed by atoms with Gasteiger partial charge in [-0.2, -0.15) is 0 Å². The van der Waals surface area contributed by atoms with Crippen LogP contribution in [0.25, 0.3) is 11.0 Å². The number of hydrogen-bond donors (Lipinski definition) is 0. The Bertz CT molecular complexity index is 804. The second kappa shape index (κ2) is 5.57. The SMILES string of the molecule is CC(C)(C)OC(=O)n1ccc2ncc(B3OC(C)(C)C(C)(C)O3)cc21. The van der Waals surface area contributed by atoms with Crippen molar-refractivity contribution in [1.82, 2.24) is 9.55 Å². The molecule has 3 rings (SSSR count). The van der Waals surface area contributed by atoms with E-state index in [0.717, 1.165) is 5.46 Å². The van der Waals surface area contributed by atoms with Crippen molar-refractivity contribution < 1.29 is 18.8 Å². The van der Waals surface area contributed by atoms with Crippen molar-refractivity contribution in [3.05, 3.63) is 24.5 Å². The molecule has 0 radical (unpaired) electrons. The molecule has 0 amide bonds. The summed E-state index contributed by atoms with van der Waals surface area (Å²) >= 11 is 0. The topological polar surface area (TPSA) is 62.6 Å². The van der Waals surface area contributed by atoms with Gasteiger partial charge in [-0.15, -0.1) is 0 Å². The van der Waals surface area contributed by atoms with Crippen molar-refractivity contribution in [2.45, 2.75) is 65.3 Å². The minimum absolute atomic E-state index is 0.431. The number of hydrogen-bond acceptors (Lipinski definition) is 5. The normalized spacial score (nSPS) is 19.4. The molecule has 0 saturated carbocycles. The summed E-state index contributed by atoms with van der Waals surface area (Å²) in [6, 6.07) is 3.65. The molecule has 134 valence electrons. The van der Waals surface area contributed by atoms with Crippen LogP contribution >= 0.6 is 0 Å². The Labute approximate surface area is 148 Å². The lowest BCUT2D eigenvalue weighted by Gasteiger charge is -2.32. The molecule has 0 aliphatic carbocycles. The van der Waals surface area contributed by atoms with Crippen molar-refractivity contribution in [1.29, 1.82) is 0 Å². The van der Waals surface area contributed by atoms with Crippen molar-refractivity contribution in [2.24, 2.45) is 0 Å². The van der Waals surface area contributed by atoms with Gasteiger partial charge in [0.05, 0.1) is 22.2 Å². The standard InChI is InChI=1S/C18H25BN2O4/c1-16(2,3)23-15(22)21-9-8-13-14(21)10-12(11-20-13)19-24-17(4,5)18(6,7)25-19/h8-11H,1-7H3. The Morgan fingerprint density at radius 3 is 2.36 bits per heavy atom. The predicted molar refractivity (Wildman–Crippen MR) is 97.1 cm³/mol. The van der Waals surface area contributed by atoms with E-state index >= 15 is 0 Å². The van der Waals surface area contributed by atoms with Crippen molar-refractivity contribution >= 4 is 29.7 Å². The molecule has 25 heavy (non-hydrogen) atoms. The summed E-state index contributed by atoms with van der Waals surface area (Å²) < 4.78 is 19.1. The Morgan fingerprint density at radius 1 is 1.20 bits per heavy atom. The van der Waals surface area contributed by atoms with Gasteiger partial charge in [-0.3, -0.25) is 9.55 Å². The van der Waals surface area contributed by atoms with E-state index in [1.807, 2.05) is 54.5 Å². The Kier molecular flexibility index (Phi) is 4.00. The second-order valence-electron chi connectivity index (χ2n) is 8.43. The molecule has 0 bridgehead atoms. The molecule has 0 spiro atoms. The Balaban J connectivity index is 1.95. The van der Waals surface area contributed by atoms with E-state index in [-0.39, 0.29) is 0 Å². The lowest BCUT2D eigenvalue weighted by Crippen LogP contribution is -2.41. The van der Waals surface area contributed by atoms with Crippen LogP contribution in [0, 0.1) is 0 Å². The maximum Gasteiger partial charge on any atom is 0.496 e. The van der Waals surface area contributed by atoms with Gasteiger partial charge >= 0.3 is 13.2 Å². The molecule has 1 fully saturated rings. The first-order chi connectivity index (χ1) is 11.4. The minimum atomic E-state index is -0.565. The zero-order chi connectivity index (χ0) is 18.6. The van der Waals surface area contributed by atoms with E-state index in [2.05, 4.69) is 4.98 Å². The molecular formula is C18H25BN2O4. The first-order valence-corrected chi connectivity index (χ1v) is 8.46. The highest BCUT2D eigenvalue weighted by atomic mass is 16.7. The van der Waals surface area contributed by atoms with Gasteiger partial charge < -0.3 is 14.0 Å². The lowest BCUT2D eigenvalue weighted by atomic mass is 9.80. The van der Waals surface area contributed by atoms with Crippen molar-refractivity contribution in [2.75, 3.05) is 0 Å². The van der Waals surface area contributed by atoms with E-state index in [1.165, 1.54) is 4.57 Å². The van der Waals surface area contributed by atoms with E-state index in [0.29, 0.717) is 11.0 Å². The summed E-state index contributed by atoms with van der Waals surface area (Å²) in [5.41, 5.74) is 0.728. The fraction of sp³-hybridized carbons (Fsp3) is 0.556. The van der Waals surface area contributed by atoms with Crippen LogP contribution < -0.4 is 5.46 Å². The smallest absolute Gasteiger partial charge is 0.443 e. The monoisotopic (exact) mass is 344 g/mol. The van der Waals surface area contributed by atoms with Crippen molar-refractivity contribution in [3.63, 3.8) is 0 Å². The highest BCUT2D eigenvalue weighted by Crippen LogP contribution is 2.36. The van der Waals surface area contributed by atoms with Crippen LogP contribution in [0.3, 0.4) is 0 Å². The number of ether oxygens (including phenoxy) is 1. The highest BCUT2D eigenvalue weighted by molar-refractivity contribution is 6.62. The molecule has 2 aromatic heterocycles. The fourth-order valence-corrected chi connectivity index (χ4v) is 2.60. The second-order valence-corrected chi connectivity index (χ2v) is 8.43. The largest absolute Gasteiger partial charge is 0.496 e. The molecule has 0 N–H and O–H groups in total. The summed E-state index contributed by atoms with van der Waals surface area (Å²) in [5, 5.41) is 0. The summed E-state index contributed by atoms with van der Waals surface area (Å²) in [6.45, 7) is 13.5. The average Bonchev–Trinajstić information content (AvgIpc) is 2.95. The van der Waals surface area contributed by atoms with Crippen LogP contribution in [0.5, 0.6) is 0 Å². The number of fused-ring (bicyclic) bond motifs is 1. The predicted octanol–water partition coefficient (Wildman–Crippen LogP) is 3.12. The first kappa shape index (κ1) is 18.0. The molecule has 3 heterocycles. The van der Waals surface area contributed by atoms with Gasteiger partial charge in [0.15, 0.2) is 0 Å². The third-order valence-electron chi connectivity index (χ3n) is 4.68. The summed E-state index contributed by atoms with van der Waals surface area (Å²) in [4.78, 5) is 16.9. The third-order valence-corrected chi connectivity index (χ3v) is 4.68. The maximum atomic E-state index is 12.4. The highest BCUT2D eigenvalue weighted by Gasteiger charge is 2.51. The molecule has 1 aliphatic heterocycles. The molecule has 7 heteroatoms. The number of carbonyl (C=O) groups excluding carboxylic acids is 1. The van der Waals surface area contributed by atoms with Gasteiger partial charge in [-0.25, -0.2) is 4.79 Å². The van der Waals surface area contributed by atoms with Gasteiger partial charge in [0.1, 0.15) is 5.60 Å². The third kappa shape index (κ3) is 3.31. The van der Waals surface area contributed by atoms with Crippen LogP contribution in [0.4, 0.5) is 4.79 Å². The molecule has 2 aromatic rings. The maximum absolute atomic E-state index is 12.4. The van der Waals surface area contributed by atoms with E-state index in [1.54, 1.807) is 18.5 Å². The molecular weight excluding hydrogens is 319 g/mol. The number of pyridine rings is 1. The van der Waals surface area contributed by atoms with Crippen LogP contribution in [0.1, 0.15) is 48.5 Å². The van der Waals surface area contributed by atoms with E-state index < -0.39 is 30.0 Å². The lowest BCUT2D eigenvalue weighted by molar-refractivity contribution is 0.00578. The molecule has 6 nitrogen and oxygen atoms in total. The van der Waals surface area contributed by atoms with Gasteiger partial charge in [0, 0.05) is 17.9 Å². The molecule has 1 saturated heterocycles. The first-order valence-electron chi connectivity index (χ1n) is 8.46. The van der Waals surface area contributed by atoms with Gasteiger partial charge in [0.2, 0.25) is 0 Å². The number of aromatic nitrogens is 2. The number of carbonyl (C=O) groups is 1. The van der Waals surface area contributed by atoms with Gasteiger partial charge in [-0.1, -0.05) is 0 Å². The van der Waals surface area contributed by atoms with Gasteiger partial charge in [0.25, 0.3) is 0 Å². The Morgan fingerprint density at radius 2 is 1.80 bits per heavy atom. The molecule has 0 aromatic carbocycles. The van der Waals surface area contributed by atoms with Crippen LogP contribution in [0.2, 0.25) is 0 Å². The molecule has 0 unspecified atom stereocenters. The van der Waals surface area contributed by atoms with Crippen molar-refractivity contribution in [3.8, 4) is 0 Å². The fourth-order valence-electron chi connectivity index (χ4n) is 2.60. The minimum Gasteiger partial charge on any atom is -0.443 e. The van der Waals surface area contributed by atoms with E-state index in [4.69, 9.17) is 14.0 Å².